The molecule has 2 aliphatic heterocycles. The number of nitrogens with zero attached hydrogens (tertiary/aromatic N) is 4. The van der Waals surface area contributed by atoms with Crippen LogP contribution in [0, 0.1) is 0 Å². The van der Waals surface area contributed by atoms with Crippen molar-refractivity contribution in [2.45, 2.75) is 40.3 Å². The van der Waals surface area contributed by atoms with Crippen LogP contribution in [-0.4, -0.2) is 80.1 Å². The standard InChI is InChI=1S/C24H19F3N4O5S.C10H7F3N2O4S/c1-15-22(33)31(18-7-9-19(10-8-18)37(35,36)24(25,26)27)23(34)30(15)14-17-11-12-28-13-20(17)29-21(32)16-5-3-2-4-6-16;11-10(12,13)20(18,19)7-3-1-6(2-4-7)15-5-8(16)14-9(15)17/h2-13,15H,14H2,1H3,(H,29,32);1-4H,5H2,(H,14,16,17). The minimum atomic E-state index is -5.58. The number of pyridine rings is 1. The summed E-state index contributed by atoms with van der Waals surface area (Å²) in [5.41, 5.74) is -9.63. The lowest BCUT2D eigenvalue weighted by Gasteiger charge is -2.21. The van der Waals surface area contributed by atoms with Gasteiger partial charge in [0.1, 0.15) is 12.6 Å². The van der Waals surface area contributed by atoms with E-state index in [1.807, 2.05) is 5.32 Å². The SMILES string of the molecule is CC1C(=O)N(c2ccc(S(=O)(=O)C(F)(F)F)cc2)C(=O)N1Cc1ccncc1NC(=O)c1ccccc1.O=C1CN(c2ccc(S(=O)(=O)C(F)(F)F)cc2)C(=O)N1. The van der Waals surface area contributed by atoms with Gasteiger partial charge < -0.3 is 10.2 Å². The monoisotopic (exact) mass is 840 g/mol. The highest BCUT2D eigenvalue weighted by molar-refractivity contribution is 7.92. The summed E-state index contributed by atoms with van der Waals surface area (Å²) in [7, 11) is -11.0. The van der Waals surface area contributed by atoms with E-state index in [2.05, 4.69) is 10.3 Å². The number of imide groups is 2. The van der Waals surface area contributed by atoms with Crippen molar-refractivity contribution in [1.29, 1.82) is 0 Å². The summed E-state index contributed by atoms with van der Waals surface area (Å²) in [5.74, 6) is -1.61. The van der Waals surface area contributed by atoms with Gasteiger partial charge in [-0.05, 0) is 79.2 Å². The molecule has 2 fully saturated rings. The van der Waals surface area contributed by atoms with Crippen molar-refractivity contribution < 1.29 is 67.2 Å². The molecule has 7 amide bonds. The molecule has 23 heteroatoms. The number of rotatable bonds is 8. The summed E-state index contributed by atoms with van der Waals surface area (Å²) in [6.07, 6.45) is 2.86. The van der Waals surface area contributed by atoms with E-state index in [1.165, 1.54) is 24.2 Å². The van der Waals surface area contributed by atoms with Crippen LogP contribution in [0.15, 0.2) is 107 Å². The lowest BCUT2D eigenvalue weighted by molar-refractivity contribution is -0.119. The normalized spacial score (nSPS) is 16.3. The maximum atomic E-state index is 13.2. The van der Waals surface area contributed by atoms with Gasteiger partial charge in [-0.3, -0.25) is 29.6 Å². The largest absolute Gasteiger partial charge is 0.501 e. The molecule has 2 saturated heterocycles. The Labute approximate surface area is 318 Å². The van der Waals surface area contributed by atoms with E-state index in [0.717, 1.165) is 46.2 Å². The van der Waals surface area contributed by atoms with Gasteiger partial charge in [0.2, 0.25) is 5.91 Å². The van der Waals surface area contributed by atoms with Crippen LogP contribution in [0.2, 0.25) is 0 Å². The first-order chi connectivity index (χ1) is 26.5. The van der Waals surface area contributed by atoms with Gasteiger partial charge >= 0.3 is 23.1 Å². The lowest BCUT2D eigenvalue weighted by Crippen LogP contribution is -2.33. The van der Waals surface area contributed by atoms with Gasteiger partial charge in [-0.15, -0.1) is 0 Å². The van der Waals surface area contributed by atoms with Gasteiger partial charge in [0.15, 0.2) is 0 Å². The topological polar surface area (TPSA) is 200 Å². The van der Waals surface area contributed by atoms with Crippen LogP contribution >= 0.6 is 0 Å². The van der Waals surface area contributed by atoms with Crippen LogP contribution < -0.4 is 20.4 Å². The van der Waals surface area contributed by atoms with Crippen molar-refractivity contribution in [3.05, 3.63) is 108 Å². The first-order valence-electron chi connectivity index (χ1n) is 15.9. The Bertz CT molecular complexity index is 2450. The molecule has 1 unspecified atom stereocenters. The van der Waals surface area contributed by atoms with Crippen molar-refractivity contribution in [3.63, 3.8) is 0 Å². The summed E-state index contributed by atoms with van der Waals surface area (Å²) in [5, 5.41) is 4.71. The Hall–Kier alpha value is -6.36. The molecule has 0 saturated carbocycles. The Morgan fingerprint density at radius 3 is 1.81 bits per heavy atom. The number of amides is 7. The number of nitrogens with one attached hydrogen (secondary N) is 2. The summed E-state index contributed by atoms with van der Waals surface area (Å²) in [6, 6.07) is 14.4. The molecule has 15 nitrogen and oxygen atoms in total. The number of benzene rings is 3. The van der Waals surface area contributed by atoms with Crippen LogP contribution in [0.4, 0.5) is 53.0 Å². The number of halogens is 6. The van der Waals surface area contributed by atoms with Crippen LogP contribution in [0.5, 0.6) is 0 Å². The summed E-state index contributed by atoms with van der Waals surface area (Å²) in [6.45, 7) is 1.12. The van der Waals surface area contributed by atoms with Gasteiger partial charge in [0.25, 0.3) is 31.5 Å². The second-order valence-electron chi connectivity index (χ2n) is 11.9. The molecule has 1 aromatic heterocycles. The van der Waals surface area contributed by atoms with Crippen molar-refractivity contribution in [3.8, 4) is 0 Å². The van der Waals surface area contributed by atoms with E-state index in [1.54, 1.807) is 36.4 Å². The lowest BCUT2D eigenvalue weighted by atomic mass is 10.1. The molecule has 3 aromatic carbocycles. The minimum absolute atomic E-state index is 0.0854. The van der Waals surface area contributed by atoms with Gasteiger partial charge in [0.05, 0.1) is 33.9 Å². The third-order valence-corrected chi connectivity index (χ3v) is 11.3. The van der Waals surface area contributed by atoms with E-state index in [0.29, 0.717) is 28.9 Å². The van der Waals surface area contributed by atoms with Crippen molar-refractivity contribution in [2.75, 3.05) is 21.7 Å². The van der Waals surface area contributed by atoms with Crippen molar-refractivity contribution >= 4 is 66.5 Å². The highest BCUT2D eigenvalue weighted by Crippen LogP contribution is 2.34. The molecule has 300 valence electrons. The maximum absolute atomic E-state index is 13.2. The molecule has 2 aliphatic rings. The molecule has 4 aromatic rings. The number of hydrogen-bond donors (Lipinski definition) is 2. The Morgan fingerprint density at radius 1 is 0.789 bits per heavy atom. The predicted octanol–water partition coefficient (Wildman–Crippen LogP) is 5.02. The number of urea groups is 2. The number of anilines is 3. The van der Waals surface area contributed by atoms with Gasteiger partial charge in [-0.2, -0.15) is 26.3 Å². The molecule has 3 heterocycles. The van der Waals surface area contributed by atoms with Gasteiger partial charge in [-0.1, -0.05) is 18.2 Å². The van der Waals surface area contributed by atoms with Crippen molar-refractivity contribution in [2.24, 2.45) is 0 Å². The van der Waals surface area contributed by atoms with Crippen LogP contribution in [0.3, 0.4) is 0 Å². The molecule has 0 radical (unpaired) electrons. The second-order valence-corrected chi connectivity index (χ2v) is 15.8. The zero-order valence-electron chi connectivity index (χ0n) is 28.8. The molecule has 2 N–H and O–H groups in total. The van der Waals surface area contributed by atoms with Crippen LogP contribution in [-0.2, 0) is 35.8 Å². The second kappa shape index (κ2) is 15.6. The molecule has 1 atom stereocenters. The minimum Gasteiger partial charge on any atom is -0.320 e. The average Bonchev–Trinajstić information content (AvgIpc) is 3.60. The number of sulfone groups is 2. The molecular weight excluding hydrogens is 815 g/mol. The molecule has 0 bridgehead atoms. The quantitative estimate of drug-likeness (QED) is 0.179. The third kappa shape index (κ3) is 8.57. The van der Waals surface area contributed by atoms with E-state index in [4.69, 9.17) is 0 Å². The Morgan fingerprint density at radius 2 is 1.32 bits per heavy atom. The Kier molecular flexibility index (Phi) is 11.5. The maximum Gasteiger partial charge on any atom is 0.501 e. The molecule has 0 spiro atoms. The number of hydrogen-bond acceptors (Lipinski definition) is 10. The number of carbonyl (C=O) groups excluding carboxylic acids is 5. The third-order valence-electron chi connectivity index (χ3n) is 8.29. The predicted molar refractivity (Wildman–Crippen MR) is 187 cm³/mol. The average molecular weight is 841 g/mol. The Balaban J connectivity index is 0.000000261. The van der Waals surface area contributed by atoms with Gasteiger partial charge in [0, 0.05) is 17.4 Å². The van der Waals surface area contributed by atoms with E-state index in [-0.39, 0.29) is 24.5 Å². The zero-order chi connectivity index (χ0) is 42.1. The van der Waals surface area contributed by atoms with E-state index < -0.39 is 76.3 Å². The first kappa shape index (κ1) is 41.8. The highest BCUT2D eigenvalue weighted by Gasteiger charge is 2.48. The number of aromatic nitrogens is 1. The zero-order valence-corrected chi connectivity index (χ0v) is 30.4. The van der Waals surface area contributed by atoms with Crippen LogP contribution in [0.1, 0.15) is 22.8 Å². The fourth-order valence-corrected chi connectivity index (χ4v) is 6.81. The fraction of sp³-hybridized carbons (Fsp3) is 0.176. The molecule has 57 heavy (non-hydrogen) atoms. The molecular formula is C34H26F6N6O9S2. The fourth-order valence-electron chi connectivity index (χ4n) is 5.29. The first-order valence-corrected chi connectivity index (χ1v) is 18.9. The number of carbonyl (C=O) groups is 5. The smallest absolute Gasteiger partial charge is 0.320 e. The molecule has 6 rings (SSSR count). The van der Waals surface area contributed by atoms with E-state index in [9.17, 15) is 67.2 Å². The summed E-state index contributed by atoms with van der Waals surface area (Å²) < 4.78 is 121. The van der Waals surface area contributed by atoms with E-state index >= 15 is 0 Å². The van der Waals surface area contributed by atoms with Crippen LogP contribution in [0.25, 0.3) is 0 Å². The van der Waals surface area contributed by atoms with Crippen molar-refractivity contribution in [1.82, 2.24) is 15.2 Å². The summed E-state index contributed by atoms with van der Waals surface area (Å²) in [4.78, 5) is 66.0. The number of alkyl halides is 6. The highest BCUT2D eigenvalue weighted by atomic mass is 32.2. The summed E-state index contributed by atoms with van der Waals surface area (Å²) >= 11 is 0. The van der Waals surface area contributed by atoms with Gasteiger partial charge in [-0.25, -0.2) is 31.3 Å². The molecule has 0 aliphatic carbocycles.